The van der Waals surface area contributed by atoms with Gasteiger partial charge in [-0.05, 0) is 32.2 Å². The van der Waals surface area contributed by atoms with E-state index < -0.39 is 0 Å². The van der Waals surface area contributed by atoms with Crippen molar-refractivity contribution in [3.8, 4) is 0 Å². The molecule has 106 valence electrons. The lowest BCUT2D eigenvalue weighted by atomic mass is 9.97. The van der Waals surface area contributed by atoms with Crippen molar-refractivity contribution >= 4 is 0 Å². The number of hydrogen-bond acceptors (Lipinski definition) is 4. The number of hydrogen-bond donors (Lipinski definition) is 1. The summed E-state index contributed by atoms with van der Waals surface area (Å²) in [6.45, 7) is 5.02. The Morgan fingerprint density at radius 3 is 2.39 bits per heavy atom. The molecule has 2 aliphatic rings. The van der Waals surface area contributed by atoms with Crippen LogP contribution in [0.4, 0.5) is 0 Å². The SMILES string of the molecule is CCNC1CC2CCC(C1)N2CC(COC)OC. The van der Waals surface area contributed by atoms with Gasteiger partial charge in [-0.3, -0.25) is 4.90 Å². The second-order valence-corrected chi connectivity index (χ2v) is 5.62. The molecule has 0 aromatic carbocycles. The lowest BCUT2D eigenvalue weighted by Crippen LogP contribution is -2.51. The molecule has 0 saturated carbocycles. The Bertz CT molecular complexity index is 236. The zero-order chi connectivity index (χ0) is 13.0. The van der Waals surface area contributed by atoms with Crippen molar-refractivity contribution in [2.24, 2.45) is 0 Å². The lowest BCUT2D eigenvalue weighted by molar-refractivity contribution is -0.0139. The normalized spacial score (nSPS) is 33.8. The van der Waals surface area contributed by atoms with Gasteiger partial charge in [0.25, 0.3) is 0 Å². The molecule has 4 heteroatoms. The number of piperidine rings is 1. The minimum Gasteiger partial charge on any atom is -0.382 e. The summed E-state index contributed by atoms with van der Waals surface area (Å²) in [5.74, 6) is 0. The summed E-state index contributed by atoms with van der Waals surface area (Å²) >= 11 is 0. The maximum atomic E-state index is 5.51. The van der Waals surface area contributed by atoms with E-state index in [1.165, 1.54) is 25.7 Å². The van der Waals surface area contributed by atoms with Crippen molar-refractivity contribution < 1.29 is 9.47 Å². The van der Waals surface area contributed by atoms with E-state index in [1.807, 2.05) is 0 Å². The molecule has 3 unspecified atom stereocenters. The highest BCUT2D eigenvalue weighted by molar-refractivity contribution is 4.98. The van der Waals surface area contributed by atoms with Gasteiger partial charge >= 0.3 is 0 Å². The highest BCUT2D eigenvalue weighted by atomic mass is 16.5. The van der Waals surface area contributed by atoms with Crippen LogP contribution in [0.5, 0.6) is 0 Å². The third-order valence-electron chi connectivity index (χ3n) is 4.48. The molecule has 1 N–H and O–H groups in total. The van der Waals surface area contributed by atoms with Crippen molar-refractivity contribution in [2.75, 3.05) is 33.9 Å². The Labute approximate surface area is 111 Å². The first kappa shape index (κ1) is 14.3. The van der Waals surface area contributed by atoms with Gasteiger partial charge in [0.05, 0.1) is 12.7 Å². The van der Waals surface area contributed by atoms with Crippen molar-refractivity contribution in [1.29, 1.82) is 0 Å². The van der Waals surface area contributed by atoms with Crippen LogP contribution in [0, 0.1) is 0 Å². The number of nitrogens with one attached hydrogen (secondary N) is 1. The van der Waals surface area contributed by atoms with Gasteiger partial charge in [-0.1, -0.05) is 6.92 Å². The number of nitrogens with zero attached hydrogens (tertiary/aromatic N) is 1. The Morgan fingerprint density at radius 2 is 1.89 bits per heavy atom. The number of fused-ring (bicyclic) bond motifs is 2. The molecule has 0 radical (unpaired) electrons. The lowest BCUT2D eigenvalue weighted by Gasteiger charge is -2.40. The summed E-state index contributed by atoms with van der Waals surface area (Å²) in [6.07, 6.45) is 5.53. The topological polar surface area (TPSA) is 33.7 Å². The fourth-order valence-corrected chi connectivity index (χ4v) is 3.64. The Morgan fingerprint density at radius 1 is 1.22 bits per heavy atom. The quantitative estimate of drug-likeness (QED) is 0.743. The molecule has 2 saturated heterocycles. The van der Waals surface area contributed by atoms with Gasteiger partial charge in [0.2, 0.25) is 0 Å². The number of rotatable bonds is 7. The van der Waals surface area contributed by atoms with Crippen molar-refractivity contribution in [2.45, 2.75) is 56.8 Å². The van der Waals surface area contributed by atoms with E-state index in [2.05, 4.69) is 17.1 Å². The summed E-state index contributed by atoms with van der Waals surface area (Å²) in [7, 11) is 3.54. The molecular weight excluding hydrogens is 228 g/mol. The van der Waals surface area contributed by atoms with Crippen LogP contribution in [0.3, 0.4) is 0 Å². The first-order valence-electron chi connectivity index (χ1n) is 7.29. The summed E-state index contributed by atoms with van der Waals surface area (Å²) < 4.78 is 10.7. The summed E-state index contributed by atoms with van der Waals surface area (Å²) in [5.41, 5.74) is 0. The maximum absolute atomic E-state index is 5.51. The minimum absolute atomic E-state index is 0.216. The molecule has 2 bridgehead atoms. The number of methoxy groups -OCH3 is 2. The van der Waals surface area contributed by atoms with Crippen LogP contribution >= 0.6 is 0 Å². The standard InChI is InChI=1S/C14H28N2O2/c1-4-15-11-7-12-5-6-13(8-11)16(12)9-14(18-3)10-17-2/h11-15H,4-10H2,1-3H3. The van der Waals surface area contributed by atoms with Gasteiger partial charge in [-0.25, -0.2) is 0 Å². The van der Waals surface area contributed by atoms with Crippen LogP contribution in [0.1, 0.15) is 32.6 Å². The first-order chi connectivity index (χ1) is 8.78. The Hall–Kier alpha value is -0.160. The molecule has 4 nitrogen and oxygen atoms in total. The van der Waals surface area contributed by atoms with Crippen molar-refractivity contribution in [3.63, 3.8) is 0 Å². The zero-order valence-corrected chi connectivity index (χ0v) is 12.0. The van der Waals surface area contributed by atoms with Crippen LogP contribution in [-0.2, 0) is 9.47 Å². The molecule has 0 spiro atoms. The monoisotopic (exact) mass is 256 g/mol. The third-order valence-corrected chi connectivity index (χ3v) is 4.48. The van der Waals surface area contributed by atoms with Crippen LogP contribution in [0.15, 0.2) is 0 Å². The van der Waals surface area contributed by atoms with E-state index in [0.717, 1.165) is 31.2 Å². The van der Waals surface area contributed by atoms with Gasteiger partial charge in [0.15, 0.2) is 0 Å². The Kier molecular flexibility index (Phi) is 5.42. The van der Waals surface area contributed by atoms with Gasteiger partial charge in [-0.2, -0.15) is 0 Å². The fraction of sp³-hybridized carbons (Fsp3) is 1.00. The first-order valence-corrected chi connectivity index (χ1v) is 7.29. The molecule has 3 atom stereocenters. The van der Waals surface area contributed by atoms with E-state index in [-0.39, 0.29) is 6.10 Å². The number of ether oxygens (including phenoxy) is 2. The summed E-state index contributed by atoms with van der Waals surface area (Å²) in [4.78, 5) is 2.67. The maximum Gasteiger partial charge on any atom is 0.0931 e. The van der Waals surface area contributed by atoms with E-state index in [4.69, 9.17) is 9.47 Å². The van der Waals surface area contributed by atoms with E-state index >= 15 is 0 Å². The van der Waals surface area contributed by atoms with Crippen molar-refractivity contribution in [3.05, 3.63) is 0 Å². The van der Waals surface area contributed by atoms with Crippen LogP contribution in [0.25, 0.3) is 0 Å². The fourth-order valence-electron chi connectivity index (χ4n) is 3.64. The predicted octanol–water partition coefficient (Wildman–Crippen LogP) is 1.25. The molecule has 18 heavy (non-hydrogen) atoms. The van der Waals surface area contributed by atoms with Crippen molar-refractivity contribution in [1.82, 2.24) is 10.2 Å². The van der Waals surface area contributed by atoms with Gasteiger partial charge in [-0.15, -0.1) is 0 Å². The molecule has 2 aliphatic heterocycles. The minimum atomic E-state index is 0.216. The molecule has 2 rings (SSSR count). The molecule has 2 heterocycles. The van der Waals surface area contributed by atoms with E-state index in [0.29, 0.717) is 6.61 Å². The highest BCUT2D eigenvalue weighted by Crippen LogP contribution is 2.35. The second-order valence-electron chi connectivity index (χ2n) is 5.62. The third kappa shape index (κ3) is 3.23. The van der Waals surface area contributed by atoms with Gasteiger partial charge in [0, 0.05) is 38.9 Å². The molecule has 0 aromatic rings. The van der Waals surface area contributed by atoms with E-state index in [9.17, 15) is 0 Å². The average molecular weight is 256 g/mol. The van der Waals surface area contributed by atoms with Crippen LogP contribution in [-0.4, -0.2) is 63.0 Å². The molecule has 2 fully saturated rings. The molecule has 0 amide bonds. The smallest absolute Gasteiger partial charge is 0.0931 e. The average Bonchev–Trinajstić information content (AvgIpc) is 2.61. The largest absolute Gasteiger partial charge is 0.382 e. The second kappa shape index (κ2) is 6.85. The summed E-state index contributed by atoms with van der Waals surface area (Å²) in [6, 6.07) is 2.23. The molecular formula is C14H28N2O2. The highest BCUT2D eigenvalue weighted by Gasteiger charge is 2.40. The van der Waals surface area contributed by atoms with Gasteiger partial charge in [0.1, 0.15) is 0 Å². The zero-order valence-electron chi connectivity index (χ0n) is 12.0. The van der Waals surface area contributed by atoms with Crippen LogP contribution < -0.4 is 5.32 Å². The van der Waals surface area contributed by atoms with E-state index in [1.54, 1.807) is 14.2 Å². The van der Waals surface area contributed by atoms with Crippen LogP contribution in [0.2, 0.25) is 0 Å². The molecule has 0 aromatic heterocycles. The Balaban J connectivity index is 1.87. The summed E-state index contributed by atoms with van der Waals surface area (Å²) in [5, 5.41) is 3.62. The predicted molar refractivity (Wildman–Crippen MR) is 72.9 cm³/mol. The molecule has 0 aliphatic carbocycles. The van der Waals surface area contributed by atoms with Gasteiger partial charge < -0.3 is 14.8 Å².